The van der Waals surface area contributed by atoms with Crippen LogP contribution in [-0.4, -0.2) is 14.2 Å². The van der Waals surface area contributed by atoms with E-state index in [4.69, 9.17) is 15.2 Å². The summed E-state index contributed by atoms with van der Waals surface area (Å²) in [6.07, 6.45) is 1.03. The Kier molecular flexibility index (Phi) is 4.40. The largest absolute Gasteiger partial charge is 0.497 e. The van der Waals surface area contributed by atoms with Gasteiger partial charge in [-0.2, -0.15) is 0 Å². The molecular weight excluding hydrogens is 214 g/mol. The van der Waals surface area contributed by atoms with Crippen LogP contribution in [0.5, 0.6) is 11.5 Å². The van der Waals surface area contributed by atoms with E-state index in [1.165, 1.54) is 0 Å². The van der Waals surface area contributed by atoms with Gasteiger partial charge in [0.05, 0.1) is 14.2 Å². The molecule has 0 saturated carbocycles. The highest BCUT2D eigenvalue weighted by Gasteiger charge is 2.30. The van der Waals surface area contributed by atoms with Gasteiger partial charge in [-0.1, -0.05) is 20.3 Å². The number of ether oxygens (including phenoxy) is 2. The molecule has 0 saturated heterocycles. The Bertz CT molecular complexity index is 374. The number of hydrogen-bond acceptors (Lipinski definition) is 3. The quantitative estimate of drug-likeness (QED) is 0.856. The Morgan fingerprint density at radius 1 is 1.29 bits per heavy atom. The molecule has 0 radical (unpaired) electrons. The molecule has 1 aromatic rings. The van der Waals surface area contributed by atoms with Crippen molar-refractivity contribution in [3.05, 3.63) is 23.8 Å². The summed E-state index contributed by atoms with van der Waals surface area (Å²) in [4.78, 5) is 0. The highest BCUT2D eigenvalue weighted by Crippen LogP contribution is 2.36. The molecule has 0 heterocycles. The molecule has 17 heavy (non-hydrogen) atoms. The molecule has 0 fully saturated rings. The number of methoxy groups -OCH3 is 2. The molecule has 0 aromatic heterocycles. The van der Waals surface area contributed by atoms with E-state index in [0.717, 1.165) is 23.5 Å². The number of rotatable bonds is 5. The van der Waals surface area contributed by atoms with E-state index in [1.54, 1.807) is 14.2 Å². The van der Waals surface area contributed by atoms with Crippen molar-refractivity contribution in [2.45, 2.75) is 32.7 Å². The van der Waals surface area contributed by atoms with Crippen molar-refractivity contribution < 1.29 is 9.47 Å². The van der Waals surface area contributed by atoms with Crippen LogP contribution in [0.3, 0.4) is 0 Å². The molecule has 2 N–H and O–H groups in total. The summed E-state index contributed by atoms with van der Waals surface area (Å²) >= 11 is 0. The van der Waals surface area contributed by atoms with Crippen molar-refractivity contribution in [2.75, 3.05) is 14.2 Å². The maximum absolute atomic E-state index is 6.44. The second-order valence-corrected chi connectivity index (χ2v) is 4.66. The van der Waals surface area contributed by atoms with Crippen LogP contribution in [0, 0.1) is 5.92 Å². The maximum Gasteiger partial charge on any atom is 0.127 e. The van der Waals surface area contributed by atoms with Crippen LogP contribution >= 0.6 is 0 Å². The highest BCUT2D eigenvalue weighted by molar-refractivity contribution is 5.44. The number of hydrogen-bond donors (Lipinski definition) is 1. The van der Waals surface area contributed by atoms with Gasteiger partial charge >= 0.3 is 0 Å². The van der Waals surface area contributed by atoms with Crippen LogP contribution in [0.2, 0.25) is 0 Å². The van der Waals surface area contributed by atoms with Gasteiger partial charge in [0.25, 0.3) is 0 Å². The molecule has 0 bridgehead atoms. The van der Waals surface area contributed by atoms with Gasteiger partial charge in [0, 0.05) is 17.2 Å². The minimum atomic E-state index is -0.396. The first-order valence-corrected chi connectivity index (χ1v) is 5.98. The molecule has 2 atom stereocenters. The summed E-state index contributed by atoms with van der Waals surface area (Å²) in [5.74, 6) is 1.95. The van der Waals surface area contributed by atoms with E-state index in [-0.39, 0.29) is 0 Å². The first-order chi connectivity index (χ1) is 7.97. The van der Waals surface area contributed by atoms with E-state index < -0.39 is 5.54 Å². The summed E-state index contributed by atoms with van der Waals surface area (Å²) < 4.78 is 10.6. The van der Waals surface area contributed by atoms with Gasteiger partial charge in [0.1, 0.15) is 11.5 Å². The van der Waals surface area contributed by atoms with E-state index >= 15 is 0 Å². The zero-order valence-electron chi connectivity index (χ0n) is 11.4. The fourth-order valence-corrected chi connectivity index (χ4v) is 1.93. The van der Waals surface area contributed by atoms with Crippen molar-refractivity contribution in [3.63, 3.8) is 0 Å². The molecule has 0 aliphatic heterocycles. The Balaban J connectivity index is 3.21. The van der Waals surface area contributed by atoms with Gasteiger partial charge in [0.2, 0.25) is 0 Å². The lowest BCUT2D eigenvalue weighted by molar-refractivity contribution is 0.298. The van der Waals surface area contributed by atoms with E-state index in [0.29, 0.717) is 5.92 Å². The SMILES string of the molecule is CCC(C)C(C)(N)c1ccc(OC)cc1OC. The molecule has 1 aromatic carbocycles. The predicted molar refractivity (Wildman–Crippen MR) is 70.5 cm³/mol. The van der Waals surface area contributed by atoms with Crippen molar-refractivity contribution in [2.24, 2.45) is 11.7 Å². The van der Waals surface area contributed by atoms with Gasteiger partial charge < -0.3 is 15.2 Å². The average Bonchev–Trinajstić information content (AvgIpc) is 2.36. The van der Waals surface area contributed by atoms with E-state index in [9.17, 15) is 0 Å². The number of benzene rings is 1. The Morgan fingerprint density at radius 3 is 2.41 bits per heavy atom. The van der Waals surface area contributed by atoms with Crippen LogP contribution in [-0.2, 0) is 5.54 Å². The normalized spacial score (nSPS) is 16.1. The Labute approximate surface area is 104 Å². The minimum Gasteiger partial charge on any atom is -0.497 e. The lowest BCUT2D eigenvalue weighted by Crippen LogP contribution is -2.40. The van der Waals surface area contributed by atoms with Crippen LogP contribution in [0.4, 0.5) is 0 Å². The molecular formula is C14H23NO2. The Hall–Kier alpha value is -1.22. The highest BCUT2D eigenvalue weighted by atomic mass is 16.5. The summed E-state index contributed by atoms with van der Waals surface area (Å²) in [6, 6.07) is 5.79. The summed E-state index contributed by atoms with van der Waals surface area (Å²) in [7, 11) is 3.30. The van der Waals surface area contributed by atoms with E-state index in [2.05, 4.69) is 13.8 Å². The standard InChI is InChI=1S/C14H23NO2/c1-6-10(2)14(3,15)12-8-7-11(16-4)9-13(12)17-5/h7-10H,6,15H2,1-5H3. The molecule has 0 spiro atoms. The fourth-order valence-electron chi connectivity index (χ4n) is 1.93. The van der Waals surface area contributed by atoms with Gasteiger partial charge in [0.15, 0.2) is 0 Å². The van der Waals surface area contributed by atoms with Crippen LogP contribution in [0.25, 0.3) is 0 Å². The molecule has 3 nitrogen and oxygen atoms in total. The molecule has 0 amide bonds. The van der Waals surface area contributed by atoms with Gasteiger partial charge in [-0.25, -0.2) is 0 Å². The minimum absolute atomic E-state index is 0.379. The maximum atomic E-state index is 6.44. The van der Waals surface area contributed by atoms with Crippen LogP contribution in [0.1, 0.15) is 32.8 Å². The molecule has 2 unspecified atom stereocenters. The zero-order chi connectivity index (χ0) is 13.1. The second kappa shape index (κ2) is 5.41. The van der Waals surface area contributed by atoms with E-state index in [1.807, 2.05) is 25.1 Å². The molecule has 96 valence electrons. The van der Waals surface area contributed by atoms with Crippen LogP contribution in [0.15, 0.2) is 18.2 Å². The summed E-state index contributed by atoms with van der Waals surface area (Å²) in [5, 5.41) is 0. The first kappa shape index (κ1) is 13.8. The zero-order valence-corrected chi connectivity index (χ0v) is 11.4. The topological polar surface area (TPSA) is 44.5 Å². The van der Waals surface area contributed by atoms with Crippen molar-refractivity contribution >= 4 is 0 Å². The molecule has 0 aliphatic rings. The van der Waals surface area contributed by atoms with Crippen LogP contribution < -0.4 is 15.2 Å². The fraction of sp³-hybridized carbons (Fsp3) is 0.571. The van der Waals surface area contributed by atoms with Crippen molar-refractivity contribution in [1.82, 2.24) is 0 Å². The molecule has 3 heteroatoms. The average molecular weight is 237 g/mol. The van der Waals surface area contributed by atoms with Crippen molar-refractivity contribution in [1.29, 1.82) is 0 Å². The summed E-state index contributed by atoms with van der Waals surface area (Å²) in [6.45, 7) is 6.35. The lowest BCUT2D eigenvalue weighted by atomic mass is 9.79. The van der Waals surface area contributed by atoms with Gasteiger partial charge in [-0.05, 0) is 25.0 Å². The number of nitrogens with two attached hydrogens (primary N) is 1. The summed E-state index contributed by atoms with van der Waals surface area (Å²) in [5.41, 5.74) is 7.07. The third-order valence-electron chi connectivity index (χ3n) is 3.63. The third-order valence-corrected chi connectivity index (χ3v) is 3.63. The third kappa shape index (κ3) is 2.72. The smallest absolute Gasteiger partial charge is 0.127 e. The molecule has 1 rings (SSSR count). The van der Waals surface area contributed by atoms with Crippen molar-refractivity contribution in [3.8, 4) is 11.5 Å². The second-order valence-electron chi connectivity index (χ2n) is 4.66. The first-order valence-electron chi connectivity index (χ1n) is 5.98. The molecule has 0 aliphatic carbocycles. The monoisotopic (exact) mass is 237 g/mol. The van der Waals surface area contributed by atoms with Gasteiger partial charge in [-0.15, -0.1) is 0 Å². The lowest BCUT2D eigenvalue weighted by Gasteiger charge is -2.33. The Morgan fingerprint density at radius 2 is 1.94 bits per heavy atom. The predicted octanol–water partition coefficient (Wildman–Crippen LogP) is 2.92. The van der Waals surface area contributed by atoms with Gasteiger partial charge in [-0.3, -0.25) is 0 Å².